The summed E-state index contributed by atoms with van der Waals surface area (Å²) in [4.78, 5) is 12.0. The van der Waals surface area contributed by atoms with Gasteiger partial charge >= 0.3 is 6.18 Å². The van der Waals surface area contributed by atoms with E-state index in [-0.39, 0.29) is 16.0 Å². The smallest absolute Gasteiger partial charge is 0.450 e. The van der Waals surface area contributed by atoms with Crippen molar-refractivity contribution in [3.05, 3.63) is 112 Å². The van der Waals surface area contributed by atoms with E-state index in [1.165, 1.54) is 48.5 Å². The molecule has 0 fully saturated rings. The van der Waals surface area contributed by atoms with Gasteiger partial charge in [0.25, 0.3) is 0 Å². The Morgan fingerprint density at radius 3 is 1.94 bits per heavy atom. The van der Waals surface area contributed by atoms with Gasteiger partial charge in [-0.25, -0.2) is 8.42 Å². The number of carbonyl (C=O) groups excluding carboxylic acids is 1. The van der Waals surface area contributed by atoms with Crippen LogP contribution < -0.4 is 0 Å². The Morgan fingerprint density at radius 1 is 0.848 bits per heavy atom. The Bertz CT molecular complexity index is 1300. The number of Topliss-reactive ketones (excluding diaryl/α,β-unsaturated/α-hetero) is 1. The van der Waals surface area contributed by atoms with Crippen molar-refractivity contribution in [2.45, 2.75) is 30.0 Å². The lowest BCUT2D eigenvalue weighted by Gasteiger charge is -2.21. The maximum absolute atomic E-state index is 14.1. The van der Waals surface area contributed by atoms with Crippen LogP contribution in [-0.2, 0) is 14.6 Å². The van der Waals surface area contributed by atoms with Crippen LogP contribution in [0.5, 0.6) is 0 Å². The second-order valence-corrected chi connectivity index (χ2v) is 9.58. The number of benzene rings is 3. The number of hydrogen-bond donors (Lipinski definition) is 0. The van der Waals surface area contributed by atoms with Gasteiger partial charge in [0.2, 0.25) is 21.4 Å². The van der Waals surface area contributed by atoms with Crippen LogP contribution in [0.15, 0.2) is 100 Å². The van der Waals surface area contributed by atoms with E-state index < -0.39 is 44.5 Å². The number of ketones is 1. The molecule has 3 aromatic rings. The van der Waals surface area contributed by atoms with E-state index in [4.69, 9.17) is 4.74 Å². The van der Waals surface area contributed by atoms with E-state index >= 15 is 0 Å². The number of allylic oxidation sites excluding steroid dienone is 1. The van der Waals surface area contributed by atoms with E-state index in [9.17, 15) is 26.4 Å². The quantitative estimate of drug-likeness (QED) is 0.453. The first-order valence-corrected chi connectivity index (χ1v) is 11.5. The highest BCUT2D eigenvalue weighted by molar-refractivity contribution is 7.95. The Hall–Kier alpha value is -3.39. The number of hydrogen-bond acceptors (Lipinski definition) is 4. The van der Waals surface area contributed by atoms with Gasteiger partial charge in [-0.2, -0.15) is 13.2 Å². The fourth-order valence-electron chi connectivity index (χ4n) is 3.83. The first kappa shape index (κ1) is 22.8. The molecule has 33 heavy (non-hydrogen) atoms. The molecular formula is C25H19F3O4S. The minimum absolute atomic E-state index is 0.124. The monoisotopic (exact) mass is 472 g/mol. The third kappa shape index (κ3) is 4.30. The number of aryl methyl sites for hydroxylation is 1. The molecule has 0 amide bonds. The Morgan fingerprint density at radius 2 is 1.39 bits per heavy atom. The predicted molar refractivity (Wildman–Crippen MR) is 116 cm³/mol. The molecule has 0 aliphatic carbocycles. The molecule has 3 aromatic carbocycles. The Kier molecular flexibility index (Phi) is 5.88. The molecule has 0 radical (unpaired) electrons. The van der Waals surface area contributed by atoms with Crippen molar-refractivity contribution in [3.8, 4) is 0 Å². The molecule has 8 heteroatoms. The largest absolute Gasteiger partial charge is 0.475 e. The van der Waals surface area contributed by atoms with Gasteiger partial charge in [0.15, 0.2) is 6.10 Å². The Balaban J connectivity index is 1.95. The van der Waals surface area contributed by atoms with Gasteiger partial charge in [-0.3, -0.25) is 4.79 Å². The first-order valence-electron chi connectivity index (χ1n) is 10.0. The average molecular weight is 472 g/mol. The van der Waals surface area contributed by atoms with E-state index in [2.05, 4.69) is 0 Å². The van der Waals surface area contributed by atoms with Crippen LogP contribution in [0.1, 0.15) is 27.4 Å². The van der Waals surface area contributed by atoms with Crippen LogP contribution >= 0.6 is 0 Å². The van der Waals surface area contributed by atoms with Gasteiger partial charge in [-0.1, -0.05) is 78.4 Å². The van der Waals surface area contributed by atoms with Crippen molar-refractivity contribution in [2.24, 2.45) is 0 Å². The van der Waals surface area contributed by atoms with E-state index in [1.807, 2.05) is 0 Å². The predicted octanol–water partition coefficient (Wildman–Crippen LogP) is 5.61. The topological polar surface area (TPSA) is 60.4 Å². The molecule has 0 spiro atoms. The summed E-state index contributed by atoms with van der Waals surface area (Å²) in [6.45, 7) is 1.73. The van der Waals surface area contributed by atoms with Crippen molar-refractivity contribution < 1.29 is 31.1 Å². The minimum atomic E-state index is -5.12. The molecule has 2 unspecified atom stereocenters. The summed E-state index contributed by atoms with van der Waals surface area (Å²) in [7, 11) is -4.65. The molecule has 170 valence electrons. The zero-order valence-electron chi connectivity index (χ0n) is 17.4. The van der Waals surface area contributed by atoms with Gasteiger partial charge in [0.05, 0.1) is 10.8 Å². The Labute approximate surface area is 189 Å². The van der Waals surface area contributed by atoms with Gasteiger partial charge < -0.3 is 4.74 Å². The summed E-state index contributed by atoms with van der Waals surface area (Å²) >= 11 is 0. The molecular weight excluding hydrogens is 453 g/mol. The molecule has 0 N–H and O–H groups in total. The van der Waals surface area contributed by atoms with Crippen molar-refractivity contribution in [3.63, 3.8) is 0 Å². The number of halogens is 3. The third-order valence-corrected chi connectivity index (χ3v) is 7.32. The number of carbonyl (C=O) groups is 1. The maximum Gasteiger partial charge on any atom is 0.450 e. The lowest BCUT2D eigenvalue weighted by molar-refractivity contribution is -0.131. The van der Waals surface area contributed by atoms with Crippen LogP contribution in [0.25, 0.3) is 0 Å². The lowest BCUT2D eigenvalue weighted by atomic mass is 9.89. The third-order valence-electron chi connectivity index (χ3n) is 5.41. The molecule has 4 rings (SSSR count). The zero-order valence-corrected chi connectivity index (χ0v) is 18.2. The highest BCUT2D eigenvalue weighted by atomic mass is 32.2. The van der Waals surface area contributed by atoms with E-state index in [1.54, 1.807) is 43.3 Å². The van der Waals surface area contributed by atoms with Gasteiger partial charge in [-0.15, -0.1) is 0 Å². The van der Waals surface area contributed by atoms with Gasteiger partial charge in [-0.05, 0) is 24.6 Å². The van der Waals surface area contributed by atoms with E-state index in [0.717, 1.165) is 5.56 Å². The SMILES string of the molecule is Cc1ccc(S(=O)(=O)C2=C(C(F)(F)F)OC(C(=O)c3ccccc3)C2c2ccccc2)cc1. The normalized spacial score (nSPS) is 18.8. The molecule has 2 atom stereocenters. The standard InChI is InChI=1S/C25H19F3O4S/c1-16-12-14-19(15-13-16)33(30,31)23-20(17-8-4-2-5-9-17)22(32-24(23)25(26,27)28)21(29)18-10-6-3-7-11-18/h2-15,20,22H,1H3. The highest BCUT2D eigenvalue weighted by Crippen LogP contribution is 2.49. The molecule has 4 nitrogen and oxygen atoms in total. The lowest BCUT2D eigenvalue weighted by Crippen LogP contribution is -2.29. The number of ether oxygens (including phenoxy) is 1. The van der Waals surface area contributed by atoms with Crippen LogP contribution in [0, 0.1) is 6.92 Å². The molecule has 1 aliphatic rings. The van der Waals surface area contributed by atoms with Crippen molar-refractivity contribution >= 4 is 15.6 Å². The maximum atomic E-state index is 14.1. The van der Waals surface area contributed by atoms with Gasteiger partial charge in [0.1, 0.15) is 4.91 Å². The van der Waals surface area contributed by atoms with Crippen LogP contribution in [-0.4, -0.2) is 26.5 Å². The van der Waals surface area contributed by atoms with Crippen LogP contribution in [0.3, 0.4) is 0 Å². The summed E-state index contributed by atoms with van der Waals surface area (Å²) in [5, 5.41) is 0. The molecule has 0 bridgehead atoms. The number of rotatable bonds is 5. The number of sulfone groups is 1. The summed E-state index contributed by atoms with van der Waals surface area (Å²) < 4.78 is 74.5. The molecule has 1 heterocycles. The van der Waals surface area contributed by atoms with Crippen molar-refractivity contribution in [1.29, 1.82) is 0 Å². The van der Waals surface area contributed by atoms with Crippen molar-refractivity contribution in [1.82, 2.24) is 0 Å². The minimum Gasteiger partial charge on any atom is -0.475 e. The second kappa shape index (κ2) is 8.51. The molecule has 0 aromatic heterocycles. The molecule has 0 saturated heterocycles. The summed E-state index contributed by atoms with van der Waals surface area (Å²) in [5.41, 5.74) is 1.11. The summed E-state index contributed by atoms with van der Waals surface area (Å²) in [5.74, 6) is -3.87. The highest BCUT2D eigenvalue weighted by Gasteiger charge is 2.55. The van der Waals surface area contributed by atoms with Crippen molar-refractivity contribution in [2.75, 3.05) is 0 Å². The van der Waals surface area contributed by atoms with Gasteiger partial charge in [0, 0.05) is 5.56 Å². The van der Waals surface area contributed by atoms with E-state index in [0.29, 0.717) is 0 Å². The van der Waals surface area contributed by atoms with Crippen LogP contribution in [0.4, 0.5) is 13.2 Å². The number of alkyl halides is 3. The zero-order chi connectivity index (χ0) is 23.8. The fraction of sp³-hybridized carbons (Fsp3) is 0.160. The fourth-order valence-corrected chi connectivity index (χ4v) is 5.58. The first-order chi connectivity index (χ1) is 15.6. The molecule has 0 saturated carbocycles. The summed E-state index contributed by atoms with van der Waals surface area (Å²) in [6, 6.07) is 21.0. The molecule has 1 aliphatic heterocycles. The van der Waals surface area contributed by atoms with Crippen LogP contribution in [0.2, 0.25) is 0 Å². The summed E-state index contributed by atoms with van der Waals surface area (Å²) in [6.07, 6.45) is -6.81. The average Bonchev–Trinajstić information content (AvgIpc) is 3.22. The second-order valence-electron chi connectivity index (χ2n) is 7.66.